The summed E-state index contributed by atoms with van der Waals surface area (Å²) in [7, 11) is 0. The highest BCUT2D eigenvalue weighted by Crippen LogP contribution is 2.30. The van der Waals surface area contributed by atoms with E-state index in [2.05, 4.69) is 10.3 Å². The van der Waals surface area contributed by atoms with E-state index >= 15 is 0 Å². The summed E-state index contributed by atoms with van der Waals surface area (Å²) in [6.45, 7) is 0.531. The molecule has 29 heavy (non-hydrogen) atoms. The van der Waals surface area contributed by atoms with Gasteiger partial charge in [-0.05, 0) is 36.1 Å². The molecule has 3 heterocycles. The second-order valence-electron chi connectivity index (χ2n) is 7.03. The summed E-state index contributed by atoms with van der Waals surface area (Å²) >= 11 is 1.43. The number of aryl methyl sites for hydroxylation is 1. The van der Waals surface area contributed by atoms with E-state index in [1.165, 1.54) is 16.0 Å². The van der Waals surface area contributed by atoms with Crippen LogP contribution in [-0.2, 0) is 17.8 Å². The molecule has 4 aromatic rings. The van der Waals surface area contributed by atoms with Gasteiger partial charge in [0.15, 0.2) is 4.83 Å². The predicted octanol–water partition coefficient (Wildman–Crippen LogP) is 3.50. The van der Waals surface area contributed by atoms with E-state index in [0.29, 0.717) is 16.8 Å². The van der Waals surface area contributed by atoms with E-state index in [4.69, 9.17) is 0 Å². The molecule has 0 saturated carbocycles. The quantitative estimate of drug-likeness (QED) is 0.526. The first-order chi connectivity index (χ1) is 14.2. The number of aromatic nitrogens is 3. The standard InChI is InChI=1S/C22H18N4O2S/c27-20(25-12-6-10-15-7-4-5-11-18(15)25)14-26-22(28)17-13-19(29-21(17)23-24-26)16-8-2-1-3-9-16/h1-5,7-9,11,13H,6,10,12,14H2. The summed E-state index contributed by atoms with van der Waals surface area (Å²) in [6, 6.07) is 19.6. The van der Waals surface area contributed by atoms with Crippen molar-refractivity contribution in [1.29, 1.82) is 0 Å². The highest BCUT2D eigenvalue weighted by molar-refractivity contribution is 7.21. The predicted molar refractivity (Wildman–Crippen MR) is 114 cm³/mol. The molecule has 1 aliphatic heterocycles. The van der Waals surface area contributed by atoms with Gasteiger partial charge in [-0.3, -0.25) is 9.59 Å². The van der Waals surface area contributed by atoms with Gasteiger partial charge in [-0.1, -0.05) is 53.7 Å². The van der Waals surface area contributed by atoms with Crippen molar-refractivity contribution >= 4 is 33.1 Å². The fourth-order valence-electron chi connectivity index (χ4n) is 3.74. The van der Waals surface area contributed by atoms with Crippen molar-refractivity contribution in [3.05, 3.63) is 76.6 Å². The number of thiophene rings is 1. The summed E-state index contributed by atoms with van der Waals surface area (Å²) < 4.78 is 1.17. The number of anilines is 1. The van der Waals surface area contributed by atoms with Crippen LogP contribution in [0.25, 0.3) is 20.7 Å². The number of para-hydroxylation sites is 1. The first kappa shape index (κ1) is 17.8. The third kappa shape index (κ3) is 3.23. The van der Waals surface area contributed by atoms with Crippen LogP contribution in [0.4, 0.5) is 5.69 Å². The molecule has 0 spiro atoms. The Kier molecular flexibility index (Phi) is 4.44. The third-order valence-corrected chi connectivity index (χ3v) is 6.24. The Bertz CT molecular complexity index is 1260. The van der Waals surface area contributed by atoms with Crippen molar-refractivity contribution in [3.63, 3.8) is 0 Å². The van der Waals surface area contributed by atoms with Gasteiger partial charge in [-0.25, -0.2) is 4.68 Å². The molecule has 144 valence electrons. The summed E-state index contributed by atoms with van der Waals surface area (Å²) in [6.07, 6.45) is 1.87. The number of fused-ring (bicyclic) bond motifs is 2. The molecular formula is C22H18N4O2S. The molecule has 0 unspecified atom stereocenters. The van der Waals surface area contributed by atoms with E-state index in [-0.39, 0.29) is 18.0 Å². The lowest BCUT2D eigenvalue weighted by molar-refractivity contribution is -0.119. The lowest BCUT2D eigenvalue weighted by atomic mass is 10.0. The largest absolute Gasteiger partial charge is 0.311 e. The number of carbonyl (C=O) groups is 1. The Labute approximate surface area is 171 Å². The first-order valence-corrected chi connectivity index (χ1v) is 10.3. The normalized spacial score (nSPS) is 13.4. The number of amides is 1. The minimum absolute atomic E-state index is 0.118. The van der Waals surface area contributed by atoms with Gasteiger partial charge in [0.25, 0.3) is 5.56 Å². The molecule has 0 fully saturated rings. The summed E-state index contributed by atoms with van der Waals surface area (Å²) in [5.41, 5.74) is 2.83. The molecule has 7 heteroatoms. The Morgan fingerprint density at radius 2 is 1.86 bits per heavy atom. The van der Waals surface area contributed by atoms with Gasteiger partial charge in [0.05, 0.1) is 5.39 Å². The van der Waals surface area contributed by atoms with Crippen molar-refractivity contribution in [1.82, 2.24) is 15.0 Å². The van der Waals surface area contributed by atoms with Crippen LogP contribution in [0, 0.1) is 0 Å². The summed E-state index contributed by atoms with van der Waals surface area (Å²) in [5.74, 6) is -0.147. The van der Waals surface area contributed by atoms with Crippen LogP contribution < -0.4 is 10.5 Å². The summed E-state index contributed by atoms with van der Waals surface area (Å²) in [4.78, 5) is 29.2. The van der Waals surface area contributed by atoms with Gasteiger partial charge < -0.3 is 4.90 Å². The lowest BCUT2D eigenvalue weighted by Crippen LogP contribution is -2.40. The average Bonchev–Trinajstić information content (AvgIpc) is 3.21. The average molecular weight is 402 g/mol. The molecular weight excluding hydrogens is 384 g/mol. The van der Waals surface area contributed by atoms with E-state index in [0.717, 1.165) is 34.5 Å². The van der Waals surface area contributed by atoms with Crippen LogP contribution in [-0.4, -0.2) is 27.4 Å². The number of hydrogen-bond donors (Lipinski definition) is 0. The Balaban J connectivity index is 1.46. The highest BCUT2D eigenvalue weighted by Gasteiger charge is 2.23. The maximum absolute atomic E-state index is 12.9. The molecule has 0 N–H and O–H groups in total. The van der Waals surface area contributed by atoms with Crippen molar-refractivity contribution in [2.24, 2.45) is 0 Å². The zero-order valence-corrected chi connectivity index (χ0v) is 16.4. The number of benzene rings is 2. The zero-order chi connectivity index (χ0) is 19.8. The molecule has 0 saturated heterocycles. The molecule has 1 amide bonds. The third-order valence-electron chi connectivity index (χ3n) is 5.18. The van der Waals surface area contributed by atoms with Crippen LogP contribution in [0.2, 0.25) is 0 Å². The molecule has 0 aliphatic carbocycles. The van der Waals surface area contributed by atoms with Crippen molar-refractivity contribution in [2.75, 3.05) is 11.4 Å². The van der Waals surface area contributed by atoms with E-state index < -0.39 is 0 Å². The smallest absolute Gasteiger partial charge is 0.279 e. The van der Waals surface area contributed by atoms with Crippen molar-refractivity contribution in [3.8, 4) is 10.4 Å². The van der Waals surface area contributed by atoms with Crippen LogP contribution >= 0.6 is 11.3 Å². The van der Waals surface area contributed by atoms with Crippen LogP contribution in [0.3, 0.4) is 0 Å². The Morgan fingerprint density at radius 1 is 1.07 bits per heavy atom. The maximum Gasteiger partial charge on any atom is 0.279 e. The summed E-state index contributed by atoms with van der Waals surface area (Å²) in [5, 5.41) is 8.71. The van der Waals surface area contributed by atoms with E-state index in [1.54, 1.807) is 4.90 Å². The number of rotatable bonds is 3. The van der Waals surface area contributed by atoms with Gasteiger partial charge in [-0.2, -0.15) is 0 Å². The van der Waals surface area contributed by atoms with Gasteiger partial charge >= 0.3 is 0 Å². The minimum atomic E-state index is -0.285. The van der Waals surface area contributed by atoms with Crippen molar-refractivity contribution in [2.45, 2.75) is 19.4 Å². The zero-order valence-electron chi connectivity index (χ0n) is 15.6. The Morgan fingerprint density at radius 3 is 2.72 bits per heavy atom. The van der Waals surface area contributed by atoms with Gasteiger partial charge in [0.1, 0.15) is 6.54 Å². The fourth-order valence-corrected chi connectivity index (χ4v) is 4.71. The molecule has 0 atom stereocenters. The fraction of sp³-hybridized carbons (Fsp3) is 0.182. The van der Waals surface area contributed by atoms with E-state index in [9.17, 15) is 9.59 Å². The molecule has 6 nitrogen and oxygen atoms in total. The SMILES string of the molecule is O=C(Cn1nnc2sc(-c3ccccc3)cc2c1=O)N1CCCc2ccccc21. The molecule has 2 aromatic carbocycles. The molecule has 2 aromatic heterocycles. The molecule has 0 radical (unpaired) electrons. The first-order valence-electron chi connectivity index (χ1n) is 9.52. The monoisotopic (exact) mass is 402 g/mol. The molecule has 5 rings (SSSR count). The molecule has 0 bridgehead atoms. The maximum atomic E-state index is 12.9. The van der Waals surface area contributed by atoms with Crippen molar-refractivity contribution < 1.29 is 4.79 Å². The lowest BCUT2D eigenvalue weighted by Gasteiger charge is -2.29. The number of hydrogen-bond acceptors (Lipinski definition) is 5. The topological polar surface area (TPSA) is 68.1 Å². The highest BCUT2D eigenvalue weighted by atomic mass is 32.1. The van der Waals surface area contributed by atoms with Gasteiger partial charge in [-0.15, -0.1) is 16.4 Å². The number of nitrogens with zero attached hydrogens (tertiary/aromatic N) is 4. The Hall–Kier alpha value is -3.32. The van der Waals surface area contributed by atoms with Gasteiger partial charge in [0, 0.05) is 17.1 Å². The van der Waals surface area contributed by atoms with Crippen LogP contribution in [0.1, 0.15) is 12.0 Å². The minimum Gasteiger partial charge on any atom is -0.311 e. The van der Waals surface area contributed by atoms with E-state index in [1.807, 2.05) is 60.7 Å². The molecule has 1 aliphatic rings. The van der Waals surface area contributed by atoms with Crippen LogP contribution in [0.5, 0.6) is 0 Å². The second-order valence-corrected chi connectivity index (χ2v) is 8.06. The number of carbonyl (C=O) groups excluding carboxylic acids is 1. The van der Waals surface area contributed by atoms with Crippen LogP contribution in [0.15, 0.2) is 65.5 Å². The van der Waals surface area contributed by atoms with Gasteiger partial charge in [0.2, 0.25) is 5.91 Å². The second kappa shape index (κ2) is 7.25.